The Labute approximate surface area is 139 Å². The van der Waals surface area contributed by atoms with Crippen molar-refractivity contribution in [2.45, 2.75) is 13.0 Å². The maximum absolute atomic E-state index is 11.1. The molecule has 0 amide bonds. The minimum atomic E-state index is -0.564. The zero-order valence-electron chi connectivity index (χ0n) is 13.6. The predicted octanol–water partition coefficient (Wildman–Crippen LogP) is 1.97. The van der Waals surface area contributed by atoms with Gasteiger partial charge in [0.25, 0.3) is 5.69 Å². The van der Waals surface area contributed by atoms with Gasteiger partial charge in [-0.15, -0.1) is 0 Å². The van der Waals surface area contributed by atoms with Gasteiger partial charge in [0, 0.05) is 19.6 Å². The normalized spacial score (nSPS) is 15.0. The van der Waals surface area contributed by atoms with E-state index in [1.165, 1.54) is 19.2 Å². The van der Waals surface area contributed by atoms with E-state index in [1.54, 1.807) is 0 Å². The van der Waals surface area contributed by atoms with Gasteiger partial charge in [-0.25, -0.2) is 0 Å². The van der Waals surface area contributed by atoms with Crippen LogP contribution in [-0.4, -0.2) is 56.4 Å². The third kappa shape index (κ3) is 4.87. The Balaban J connectivity index is 1.98. The summed E-state index contributed by atoms with van der Waals surface area (Å²) in [6.45, 7) is 4.37. The van der Waals surface area contributed by atoms with Gasteiger partial charge in [-0.3, -0.25) is 15.0 Å². The molecule has 0 N–H and O–H groups in total. The molecule has 0 bridgehead atoms. The number of methoxy groups -OCH3 is 1. The molecule has 1 aliphatic rings. The minimum absolute atomic E-state index is 0.202. The zero-order chi connectivity index (χ0) is 17.4. The van der Waals surface area contributed by atoms with Crippen LogP contribution in [0.1, 0.15) is 12.0 Å². The van der Waals surface area contributed by atoms with Gasteiger partial charge in [0.1, 0.15) is 6.54 Å². The molecule has 0 atom stereocenters. The highest BCUT2D eigenvalue weighted by molar-refractivity contribution is 5.54. The summed E-state index contributed by atoms with van der Waals surface area (Å²) in [4.78, 5) is 23.3. The molecular weight excluding hydrogens is 318 g/mol. The molecule has 1 aromatic rings. The van der Waals surface area contributed by atoms with E-state index < -0.39 is 4.92 Å². The number of ether oxygens (including phenoxy) is 3. The fourth-order valence-electron chi connectivity index (χ4n) is 2.52. The fraction of sp³-hybridized carbons (Fsp3) is 0.600. The number of nitroso groups, excluding NO2 is 1. The van der Waals surface area contributed by atoms with E-state index in [-0.39, 0.29) is 23.5 Å². The van der Waals surface area contributed by atoms with E-state index >= 15 is 0 Å². The molecule has 9 nitrogen and oxygen atoms in total. The van der Waals surface area contributed by atoms with E-state index in [1.807, 2.05) is 0 Å². The highest BCUT2D eigenvalue weighted by Gasteiger charge is 2.20. The first-order chi connectivity index (χ1) is 11.7. The van der Waals surface area contributed by atoms with Crippen LogP contribution in [0.4, 0.5) is 5.69 Å². The van der Waals surface area contributed by atoms with Gasteiger partial charge in [0.2, 0.25) is 0 Å². The number of hydrogen-bond donors (Lipinski definition) is 0. The lowest BCUT2D eigenvalue weighted by Crippen LogP contribution is -2.37. The Kier molecular flexibility index (Phi) is 6.89. The van der Waals surface area contributed by atoms with Crippen LogP contribution in [0.2, 0.25) is 0 Å². The summed E-state index contributed by atoms with van der Waals surface area (Å²) >= 11 is 0. The third-order valence-electron chi connectivity index (χ3n) is 3.78. The fourth-order valence-corrected chi connectivity index (χ4v) is 2.52. The first kappa shape index (κ1) is 18.1. The van der Waals surface area contributed by atoms with Gasteiger partial charge in [-0.05, 0) is 12.5 Å². The Bertz CT molecular complexity index is 575. The van der Waals surface area contributed by atoms with E-state index in [4.69, 9.17) is 14.2 Å². The molecule has 24 heavy (non-hydrogen) atoms. The second-order valence-corrected chi connectivity index (χ2v) is 5.33. The standard InChI is InChI=1S/C15H21N3O6/c1-22-14-10-13(18(20)21)12(11-16-19)9-15(14)24-6-2-3-17-4-7-23-8-5-17/h9-10H,2-8,11H2,1H3. The molecule has 1 fully saturated rings. The van der Waals surface area contributed by atoms with Crippen LogP contribution in [0.5, 0.6) is 11.5 Å². The molecule has 1 saturated heterocycles. The quantitative estimate of drug-likeness (QED) is 0.293. The SMILES string of the molecule is COc1cc([N+](=O)[O-])c(CN=O)cc1OCCCN1CCOCC1. The van der Waals surface area contributed by atoms with Crippen molar-refractivity contribution < 1.29 is 19.1 Å². The van der Waals surface area contributed by atoms with Crippen LogP contribution in [0, 0.1) is 15.0 Å². The van der Waals surface area contributed by atoms with Crippen molar-refractivity contribution in [1.29, 1.82) is 0 Å². The number of morpholine rings is 1. The van der Waals surface area contributed by atoms with Gasteiger partial charge in [0.15, 0.2) is 11.5 Å². The first-order valence-corrected chi connectivity index (χ1v) is 7.73. The van der Waals surface area contributed by atoms with Gasteiger partial charge in [-0.1, -0.05) is 5.18 Å². The molecule has 132 valence electrons. The first-order valence-electron chi connectivity index (χ1n) is 7.73. The Morgan fingerprint density at radius 1 is 1.33 bits per heavy atom. The minimum Gasteiger partial charge on any atom is -0.493 e. The molecule has 0 aromatic heterocycles. The van der Waals surface area contributed by atoms with Crippen LogP contribution in [0.15, 0.2) is 17.3 Å². The Morgan fingerprint density at radius 3 is 2.71 bits per heavy atom. The van der Waals surface area contributed by atoms with E-state index in [9.17, 15) is 15.0 Å². The molecule has 0 saturated carbocycles. The molecular formula is C15H21N3O6. The van der Waals surface area contributed by atoms with Gasteiger partial charge < -0.3 is 14.2 Å². The molecule has 0 aliphatic carbocycles. The lowest BCUT2D eigenvalue weighted by atomic mass is 10.1. The largest absolute Gasteiger partial charge is 0.493 e. The molecule has 2 rings (SSSR count). The lowest BCUT2D eigenvalue weighted by molar-refractivity contribution is -0.385. The summed E-state index contributed by atoms with van der Waals surface area (Å²) in [6.07, 6.45) is 0.807. The summed E-state index contributed by atoms with van der Waals surface area (Å²) in [5, 5.41) is 13.8. The summed E-state index contributed by atoms with van der Waals surface area (Å²) in [5.41, 5.74) is 0.00564. The van der Waals surface area contributed by atoms with Gasteiger partial charge in [0.05, 0.1) is 43.5 Å². The number of hydrogen-bond acceptors (Lipinski definition) is 8. The summed E-state index contributed by atoms with van der Waals surface area (Å²) in [5.74, 6) is 0.645. The summed E-state index contributed by atoms with van der Waals surface area (Å²) < 4.78 is 16.1. The number of rotatable bonds is 9. The number of nitro benzene ring substituents is 1. The summed E-state index contributed by atoms with van der Waals surface area (Å²) in [7, 11) is 1.41. The lowest BCUT2D eigenvalue weighted by Gasteiger charge is -2.26. The third-order valence-corrected chi connectivity index (χ3v) is 3.78. The topological polar surface area (TPSA) is 104 Å². The van der Waals surface area contributed by atoms with Gasteiger partial charge >= 0.3 is 0 Å². The monoisotopic (exact) mass is 339 g/mol. The summed E-state index contributed by atoms with van der Waals surface area (Å²) in [6, 6.07) is 2.71. The van der Waals surface area contributed by atoms with Crippen molar-refractivity contribution in [2.75, 3.05) is 46.6 Å². The highest BCUT2D eigenvalue weighted by Crippen LogP contribution is 2.35. The van der Waals surface area contributed by atoms with Gasteiger partial charge in [-0.2, -0.15) is 4.91 Å². The number of nitro groups is 1. The molecule has 0 spiro atoms. The van der Waals surface area contributed by atoms with Crippen molar-refractivity contribution in [3.05, 3.63) is 32.7 Å². The van der Waals surface area contributed by atoms with Crippen molar-refractivity contribution in [1.82, 2.24) is 4.90 Å². The molecule has 0 radical (unpaired) electrons. The average Bonchev–Trinajstić information content (AvgIpc) is 2.59. The van der Waals surface area contributed by atoms with Crippen LogP contribution in [-0.2, 0) is 11.3 Å². The van der Waals surface area contributed by atoms with E-state index in [0.717, 1.165) is 39.3 Å². The van der Waals surface area contributed by atoms with E-state index in [2.05, 4.69) is 10.1 Å². The van der Waals surface area contributed by atoms with Crippen LogP contribution < -0.4 is 9.47 Å². The number of nitrogens with zero attached hydrogens (tertiary/aromatic N) is 3. The molecule has 1 aliphatic heterocycles. The zero-order valence-corrected chi connectivity index (χ0v) is 13.6. The number of benzene rings is 1. The van der Waals surface area contributed by atoms with Crippen molar-refractivity contribution in [2.24, 2.45) is 5.18 Å². The Hall–Kier alpha value is -2.26. The maximum atomic E-state index is 11.1. The van der Waals surface area contributed by atoms with Crippen molar-refractivity contribution in [3.8, 4) is 11.5 Å². The molecule has 1 aromatic carbocycles. The molecule has 0 unspecified atom stereocenters. The van der Waals surface area contributed by atoms with Crippen molar-refractivity contribution >= 4 is 5.69 Å². The highest BCUT2D eigenvalue weighted by atomic mass is 16.6. The van der Waals surface area contributed by atoms with Crippen LogP contribution in [0.25, 0.3) is 0 Å². The van der Waals surface area contributed by atoms with Crippen molar-refractivity contribution in [3.63, 3.8) is 0 Å². The second-order valence-electron chi connectivity index (χ2n) is 5.33. The second kappa shape index (κ2) is 9.14. The van der Waals surface area contributed by atoms with Crippen LogP contribution in [0.3, 0.4) is 0 Å². The molecule has 9 heteroatoms. The maximum Gasteiger partial charge on any atom is 0.278 e. The predicted molar refractivity (Wildman–Crippen MR) is 86.5 cm³/mol. The molecule has 1 heterocycles. The smallest absolute Gasteiger partial charge is 0.278 e. The van der Waals surface area contributed by atoms with Crippen LogP contribution >= 0.6 is 0 Å². The Morgan fingerprint density at radius 2 is 2.08 bits per heavy atom. The van der Waals surface area contributed by atoms with E-state index in [0.29, 0.717) is 12.4 Å². The average molecular weight is 339 g/mol.